The predicted molar refractivity (Wildman–Crippen MR) is 82.7 cm³/mol. The van der Waals surface area contributed by atoms with Crippen LogP contribution >= 0.6 is 0 Å². The zero-order valence-corrected chi connectivity index (χ0v) is 14.0. The molecule has 1 atom stereocenters. The highest BCUT2D eigenvalue weighted by Crippen LogP contribution is 2.18. The summed E-state index contributed by atoms with van der Waals surface area (Å²) in [6.07, 6.45) is 4.61. The van der Waals surface area contributed by atoms with Gasteiger partial charge in [-0.25, -0.2) is 13.4 Å². The maximum Gasteiger partial charge on any atom is 0.262 e. The summed E-state index contributed by atoms with van der Waals surface area (Å²) >= 11 is 0. The highest BCUT2D eigenvalue weighted by atomic mass is 32.2. The second-order valence-corrected chi connectivity index (χ2v) is 7.45. The molecule has 7 heteroatoms. The van der Waals surface area contributed by atoms with Crippen LogP contribution in [0.25, 0.3) is 0 Å². The second kappa shape index (κ2) is 6.89. The largest absolute Gasteiger partial charge is 0.334 e. The standard InChI is InChI=1S/C14H26N4O2S/c1-4-9-18(10-13-7-6-8-15-13)21(19,20)14-11-17(5-2)12(3)16-14/h11,13,15H,4-10H2,1-3H3. The van der Waals surface area contributed by atoms with E-state index < -0.39 is 10.0 Å². The first-order chi connectivity index (χ1) is 9.98. The number of rotatable bonds is 7. The zero-order chi connectivity index (χ0) is 15.5. The zero-order valence-electron chi connectivity index (χ0n) is 13.2. The van der Waals surface area contributed by atoms with Crippen LogP contribution in [0.3, 0.4) is 0 Å². The predicted octanol–water partition coefficient (Wildman–Crippen LogP) is 1.36. The summed E-state index contributed by atoms with van der Waals surface area (Å²) in [4.78, 5) is 4.24. The summed E-state index contributed by atoms with van der Waals surface area (Å²) in [6, 6.07) is 0.265. The summed E-state index contributed by atoms with van der Waals surface area (Å²) in [6.45, 7) is 8.61. The first-order valence-corrected chi connectivity index (χ1v) is 9.20. The summed E-state index contributed by atoms with van der Waals surface area (Å²) in [7, 11) is -3.50. The highest BCUT2D eigenvalue weighted by Gasteiger charge is 2.30. The van der Waals surface area contributed by atoms with Gasteiger partial charge in [0.2, 0.25) is 0 Å². The van der Waals surface area contributed by atoms with E-state index in [1.165, 1.54) is 0 Å². The van der Waals surface area contributed by atoms with E-state index in [0.29, 0.717) is 13.1 Å². The van der Waals surface area contributed by atoms with Crippen molar-refractivity contribution in [1.29, 1.82) is 0 Å². The van der Waals surface area contributed by atoms with E-state index in [2.05, 4.69) is 10.3 Å². The Morgan fingerprint density at radius 1 is 1.48 bits per heavy atom. The number of aromatic nitrogens is 2. The monoisotopic (exact) mass is 314 g/mol. The molecule has 120 valence electrons. The van der Waals surface area contributed by atoms with Gasteiger partial charge in [-0.15, -0.1) is 0 Å². The Hall–Kier alpha value is -0.920. The minimum Gasteiger partial charge on any atom is -0.334 e. The molecule has 0 aliphatic carbocycles. The van der Waals surface area contributed by atoms with Gasteiger partial charge in [0.25, 0.3) is 10.0 Å². The number of hydrogen-bond acceptors (Lipinski definition) is 4. The molecule has 1 aliphatic rings. The Kier molecular flexibility index (Phi) is 5.40. The second-order valence-electron chi connectivity index (χ2n) is 5.57. The summed E-state index contributed by atoms with van der Waals surface area (Å²) in [5, 5.41) is 3.54. The van der Waals surface area contributed by atoms with Crippen molar-refractivity contribution < 1.29 is 8.42 Å². The number of aryl methyl sites for hydroxylation is 2. The number of imidazole rings is 1. The number of nitrogens with zero attached hydrogens (tertiary/aromatic N) is 3. The molecule has 1 fully saturated rings. The molecule has 2 heterocycles. The van der Waals surface area contributed by atoms with Crippen LogP contribution in [0.5, 0.6) is 0 Å². The number of nitrogens with one attached hydrogen (secondary N) is 1. The van der Waals surface area contributed by atoms with Gasteiger partial charge in [-0.05, 0) is 39.7 Å². The van der Waals surface area contributed by atoms with Gasteiger partial charge in [0.05, 0.1) is 0 Å². The average Bonchev–Trinajstić information content (AvgIpc) is 3.07. The van der Waals surface area contributed by atoms with Crippen LogP contribution in [0.15, 0.2) is 11.2 Å². The molecular weight excluding hydrogens is 288 g/mol. The topological polar surface area (TPSA) is 67.2 Å². The van der Waals surface area contributed by atoms with E-state index >= 15 is 0 Å². The molecule has 6 nitrogen and oxygen atoms in total. The fourth-order valence-corrected chi connectivity index (χ4v) is 4.34. The van der Waals surface area contributed by atoms with E-state index in [4.69, 9.17) is 0 Å². The quantitative estimate of drug-likeness (QED) is 0.825. The molecular formula is C14H26N4O2S. The maximum absolute atomic E-state index is 12.8. The molecule has 1 N–H and O–H groups in total. The minimum atomic E-state index is -3.50. The van der Waals surface area contributed by atoms with E-state index in [9.17, 15) is 8.42 Å². The average molecular weight is 314 g/mol. The highest BCUT2D eigenvalue weighted by molar-refractivity contribution is 7.89. The van der Waals surface area contributed by atoms with Crippen molar-refractivity contribution in [3.63, 3.8) is 0 Å². The van der Waals surface area contributed by atoms with Crippen LogP contribution in [0.1, 0.15) is 38.9 Å². The number of hydrogen-bond donors (Lipinski definition) is 1. The van der Waals surface area contributed by atoms with E-state index in [-0.39, 0.29) is 11.1 Å². The van der Waals surface area contributed by atoms with Crippen molar-refractivity contribution in [2.24, 2.45) is 0 Å². The summed E-state index contributed by atoms with van der Waals surface area (Å²) in [5.41, 5.74) is 0. The Labute approximate surface area is 127 Å². The molecule has 0 spiro atoms. The lowest BCUT2D eigenvalue weighted by Crippen LogP contribution is -2.41. The van der Waals surface area contributed by atoms with Crippen molar-refractivity contribution in [1.82, 2.24) is 19.2 Å². The Balaban J connectivity index is 2.22. The minimum absolute atomic E-state index is 0.174. The van der Waals surface area contributed by atoms with Crippen molar-refractivity contribution >= 4 is 10.0 Å². The normalized spacial score (nSPS) is 19.5. The van der Waals surface area contributed by atoms with Gasteiger partial charge in [-0.1, -0.05) is 6.92 Å². The Bertz CT molecular complexity index is 562. The van der Waals surface area contributed by atoms with Gasteiger partial charge in [-0.2, -0.15) is 4.31 Å². The third kappa shape index (κ3) is 3.64. The summed E-state index contributed by atoms with van der Waals surface area (Å²) in [5.74, 6) is 0.742. The molecule has 1 saturated heterocycles. The Morgan fingerprint density at radius 3 is 2.76 bits per heavy atom. The van der Waals surface area contributed by atoms with Crippen LogP contribution in [-0.4, -0.2) is 48.0 Å². The Morgan fingerprint density at radius 2 is 2.24 bits per heavy atom. The molecule has 21 heavy (non-hydrogen) atoms. The van der Waals surface area contributed by atoms with Crippen molar-refractivity contribution in [3.05, 3.63) is 12.0 Å². The molecule has 0 saturated carbocycles. The van der Waals surface area contributed by atoms with Gasteiger partial charge in [0.1, 0.15) is 5.82 Å². The molecule has 1 aromatic heterocycles. The molecule has 0 bridgehead atoms. The smallest absolute Gasteiger partial charge is 0.262 e. The molecule has 0 amide bonds. The molecule has 1 aromatic rings. The fraction of sp³-hybridized carbons (Fsp3) is 0.786. The lowest BCUT2D eigenvalue weighted by atomic mass is 10.2. The molecule has 2 rings (SSSR count). The lowest BCUT2D eigenvalue weighted by molar-refractivity contribution is 0.368. The van der Waals surface area contributed by atoms with Gasteiger partial charge in [0.15, 0.2) is 5.03 Å². The SMILES string of the molecule is CCCN(CC1CCCN1)S(=O)(=O)c1cn(CC)c(C)n1. The van der Waals surface area contributed by atoms with Gasteiger partial charge in [0, 0.05) is 31.9 Å². The summed E-state index contributed by atoms with van der Waals surface area (Å²) < 4.78 is 29.1. The number of sulfonamides is 1. The van der Waals surface area contributed by atoms with E-state index in [1.807, 2.05) is 25.3 Å². The first kappa shape index (κ1) is 16.5. The third-order valence-electron chi connectivity index (χ3n) is 3.96. The van der Waals surface area contributed by atoms with Gasteiger partial charge in [-0.3, -0.25) is 0 Å². The van der Waals surface area contributed by atoms with Crippen LogP contribution in [0, 0.1) is 6.92 Å². The van der Waals surface area contributed by atoms with Crippen molar-refractivity contribution in [2.45, 2.75) is 57.6 Å². The molecule has 1 aliphatic heterocycles. The molecule has 0 aromatic carbocycles. The third-order valence-corrected chi connectivity index (χ3v) is 5.69. The molecule has 0 radical (unpaired) electrons. The van der Waals surface area contributed by atoms with Gasteiger partial charge < -0.3 is 9.88 Å². The van der Waals surface area contributed by atoms with Crippen molar-refractivity contribution in [3.8, 4) is 0 Å². The first-order valence-electron chi connectivity index (χ1n) is 7.76. The van der Waals surface area contributed by atoms with Crippen LogP contribution in [0.2, 0.25) is 0 Å². The van der Waals surface area contributed by atoms with Crippen LogP contribution in [0.4, 0.5) is 0 Å². The lowest BCUT2D eigenvalue weighted by Gasteiger charge is -2.23. The van der Waals surface area contributed by atoms with Crippen LogP contribution in [-0.2, 0) is 16.6 Å². The van der Waals surface area contributed by atoms with E-state index in [0.717, 1.165) is 38.2 Å². The van der Waals surface area contributed by atoms with Gasteiger partial charge >= 0.3 is 0 Å². The van der Waals surface area contributed by atoms with Crippen LogP contribution < -0.4 is 5.32 Å². The maximum atomic E-state index is 12.8. The van der Waals surface area contributed by atoms with Crippen molar-refractivity contribution in [2.75, 3.05) is 19.6 Å². The molecule has 1 unspecified atom stereocenters. The fourth-order valence-electron chi connectivity index (χ4n) is 2.77. The van der Waals surface area contributed by atoms with E-state index in [1.54, 1.807) is 10.5 Å².